The number of carbonyl (C=O) groups is 2. The standard InChI is InChI=1S/C10H14O4.C4H10O2/c1-7(2)9(11)13-5-6-14-10(12)8(3)4;1-4(6)2-3-5/h1,3,5-6H2,2,4H3;4-6H,2-3H2,1H3. The topological polar surface area (TPSA) is 93.1 Å². The second-order valence-corrected chi connectivity index (χ2v) is 4.19. The molecule has 6 heteroatoms. The van der Waals surface area contributed by atoms with Gasteiger partial charge in [-0.2, -0.15) is 0 Å². The van der Waals surface area contributed by atoms with Crippen molar-refractivity contribution in [1.29, 1.82) is 0 Å². The van der Waals surface area contributed by atoms with E-state index in [-0.39, 0.29) is 25.9 Å². The molecule has 0 bridgehead atoms. The number of hydrogen-bond acceptors (Lipinski definition) is 6. The Morgan fingerprint density at radius 1 is 1.05 bits per heavy atom. The second kappa shape index (κ2) is 12.4. The zero-order chi connectivity index (χ0) is 16.1. The fourth-order valence-corrected chi connectivity index (χ4v) is 0.702. The molecule has 0 aliphatic carbocycles. The molecule has 6 nitrogen and oxygen atoms in total. The van der Waals surface area contributed by atoms with Crippen LogP contribution in [-0.4, -0.2) is 48.1 Å². The van der Waals surface area contributed by atoms with Crippen LogP contribution in [0.3, 0.4) is 0 Å². The van der Waals surface area contributed by atoms with Crippen LogP contribution in [0, 0.1) is 0 Å². The molecule has 0 aliphatic heterocycles. The summed E-state index contributed by atoms with van der Waals surface area (Å²) in [4.78, 5) is 21.7. The molecule has 116 valence electrons. The molecule has 0 amide bonds. The first-order valence-electron chi connectivity index (χ1n) is 6.16. The molecule has 0 rings (SSSR count). The van der Waals surface area contributed by atoms with E-state index in [1.807, 2.05) is 0 Å². The van der Waals surface area contributed by atoms with Crippen molar-refractivity contribution in [1.82, 2.24) is 0 Å². The van der Waals surface area contributed by atoms with Crippen LogP contribution in [0.4, 0.5) is 0 Å². The molecule has 0 aliphatic rings. The number of esters is 2. The Labute approximate surface area is 119 Å². The Bertz CT molecular complexity index is 305. The van der Waals surface area contributed by atoms with E-state index in [2.05, 4.69) is 22.6 Å². The summed E-state index contributed by atoms with van der Waals surface area (Å²) >= 11 is 0. The lowest BCUT2D eigenvalue weighted by atomic mass is 10.3. The fourth-order valence-electron chi connectivity index (χ4n) is 0.702. The Kier molecular flexibility index (Phi) is 12.8. The van der Waals surface area contributed by atoms with Crippen LogP contribution in [0.15, 0.2) is 24.3 Å². The highest BCUT2D eigenvalue weighted by Gasteiger charge is 2.05. The maximum absolute atomic E-state index is 10.8. The summed E-state index contributed by atoms with van der Waals surface area (Å²) in [6, 6.07) is 0. The third-order valence-corrected chi connectivity index (χ3v) is 1.79. The van der Waals surface area contributed by atoms with Crippen molar-refractivity contribution in [2.75, 3.05) is 19.8 Å². The highest BCUT2D eigenvalue weighted by Crippen LogP contribution is 1.94. The Hall–Kier alpha value is -1.66. The van der Waals surface area contributed by atoms with Crippen molar-refractivity contribution in [2.24, 2.45) is 0 Å². The van der Waals surface area contributed by atoms with Gasteiger partial charge < -0.3 is 19.7 Å². The highest BCUT2D eigenvalue weighted by molar-refractivity contribution is 5.87. The first-order valence-corrected chi connectivity index (χ1v) is 6.16. The van der Waals surface area contributed by atoms with Gasteiger partial charge in [-0.25, -0.2) is 9.59 Å². The van der Waals surface area contributed by atoms with E-state index < -0.39 is 11.9 Å². The van der Waals surface area contributed by atoms with E-state index in [4.69, 9.17) is 10.2 Å². The van der Waals surface area contributed by atoms with Gasteiger partial charge in [-0.15, -0.1) is 0 Å². The molecule has 0 fully saturated rings. The maximum atomic E-state index is 10.8. The molecule has 0 saturated heterocycles. The first kappa shape index (κ1) is 20.7. The number of aliphatic hydroxyl groups excluding tert-OH is 2. The van der Waals surface area contributed by atoms with Crippen LogP contribution in [0.1, 0.15) is 27.2 Å². The van der Waals surface area contributed by atoms with Gasteiger partial charge in [-0.3, -0.25) is 0 Å². The van der Waals surface area contributed by atoms with E-state index in [9.17, 15) is 9.59 Å². The van der Waals surface area contributed by atoms with Crippen LogP contribution in [0.2, 0.25) is 0 Å². The quantitative estimate of drug-likeness (QED) is 0.412. The molecule has 0 heterocycles. The summed E-state index contributed by atoms with van der Waals surface area (Å²) in [6.45, 7) is 11.7. The van der Waals surface area contributed by atoms with Crippen LogP contribution in [0.25, 0.3) is 0 Å². The Balaban J connectivity index is 0. The van der Waals surface area contributed by atoms with Crippen molar-refractivity contribution in [3.05, 3.63) is 24.3 Å². The van der Waals surface area contributed by atoms with Crippen LogP contribution < -0.4 is 0 Å². The molecule has 1 unspecified atom stereocenters. The molecule has 0 spiro atoms. The monoisotopic (exact) mass is 288 g/mol. The molecule has 0 aromatic rings. The van der Waals surface area contributed by atoms with E-state index in [1.54, 1.807) is 20.8 Å². The van der Waals surface area contributed by atoms with Gasteiger partial charge in [0.15, 0.2) is 0 Å². The molecular weight excluding hydrogens is 264 g/mol. The summed E-state index contributed by atoms with van der Waals surface area (Å²) in [5, 5.41) is 16.5. The normalized spacial score (nSPS) is 10.7. The SMILES string of the molecule is C=C(C)C(=O)OCCOC(=O)C(=C)C.CC(O)CCO. The Morgan fingerprint density at radius 3 is 1.55 bits per heavy atom. The molecule has 0 aromatic carbocycles. The van der Waals surface area contributed by atoms with Crippen molar-refractivity contribution in [3.8, 4) is 0 Å². The average Bonchev–Trinajstić information content (AvgIpc) is 2.34. The summed E-state index contributed by atoms with van der Waals surface area (Å²) in [7, 11) is 0. The van der Waals surface area contributed by atoms with E-state index >= 15 is 0 Å². The number of hydrogen-bond donors (Lipinski definition) is 2. The predicted molar refractivity (Wildman–Crippen MR) is 74.9 cm³/mol. The zero-order valence-corrected chi connectivity index (χ0v) is 12.3. The van der Waals surface area contributed by atoms with Gasteiger partial charge in [0.05, 0.1) is 6.10 Å². The fraction of sp³-hybridized carbons (Fsp3) is 0.571. The van der Waals surface area contributed by atoms with Crippen molar-refractivity contribution >= 4 is 11.9 Å². The lowest BCUT2D eigenvalue weighted by Crippen LogP contribution is -2.14. The van der Waals surface area contributed by atoms with Gasteiger partial charge >= 0.3 is 11.9 Å². The second-order valence-electron chi connectivity index (χ2n) is 4.19. The third-order valence-electron chi connectivity index (χ3n) is 1.79. The summed E-state index contributed by atoms with van der Waals surface area (Å²) in [6.07, 6.45) is 0.134. The van der Waals surface area contributed by atoms with Crippen LogP contribution >= 0.6 is 0 Å². The smallest absolute Gasteiger partial charge is 0.333 e. The largest absolute Gasteiger partial charge is 0.459 e. The van der Waals surface area contributed by atoms with Gasteiger partial charge in [0.2, 0.25) is 0 Å². The molecule has 0 radical (unpaired) electrons. The van der Waals surface area contributed by atoms with Crippen LogP contribution in [-0.2, 0) is 19.1 Å². The van der Waals surface area contributed by atoms with Gasteiger partial charge in [-0.05, 0) is 27.2 Å². The van der Waals surface area contributed by atoms with Crippen molar-refractivity contribution < 1.29 is 29.3 Å². The minimum Gasteiger partial charge on any atom is -0.459 e. The van der Waals surface area contributed by atoms with E-state index in [1.165, 1.54) is 0 Å². The third kappa shape index (κ3) is 14.4. The zero-order valence-electron chi connectivity index (χ0n) is 12.3. The summed E-state index contributed by atoms with van der Waals surface area (Å²) in [5.41, 5.74) is 0.632. The lowest BCUT2D eigenvalue weighted by Gasteiger charge is -2.05. The van der Waals surface area contributed by atoms with Gasteiger partial charge in [0, 0.05) is 17.8 Å². The van der Waals surface area contributed by atoms with Crippen molar-refractivity contribution in [3.63, 3.8) is 0 Å². The van der Waals surface area contributed by atoms with Gasteiger partial charge in [0.1, 0.15) is 13.2 Å². The summed E-state index contributed by atoms with van der Waals surface area (Å²) in [5.74, 6) is -0.979. The number of carbonyl (C=O) groups excluding carboxylic acids is 2. The molecule has 1 atom stereocenters. The Morgan fingerprint density at radius 2 is 1.40 bits per heavy atom. The molecule has 20 heavy (non-hydrogen) atoms. The van der Waals surface area contributed by atoms with Crippen molar-refractivity contribution in [2.45, 2.75) is 33.3 Å². The minimum atomic E-state index is -0.489. The number of aliphatic hydroxyl groups is 2. The minimum absolute atomic E-state index is 0.0325. The molecule has 0 saturated carbocycles. The predicted octanol–water partition coefficient (Wildman–Crippen LogP) is 0.975. The summed E-state index contributed by atoms with van der Waals surface area (Å²) < 4.78 is 9.38. The van der Waals surface area contributed by atoms with Gasteiger partial charge in [-0.1, -0.05) is 13.2 Å². The first-order chi connectivity index (χ1) is 9.22. The maximum Gasteiger partial charge on any atom is 0.333 e. The highest BCUT2D eigenvalue weighted by atomic mass is 16.6. The van der Waals surface area contributed by atoms with E-state index in [0.29, 0.717) is 17.6 Å². The molecular formula is C14H24O6. The number of ether oxygens (including phenoxy) is 2. The van der Waals surface area contributed by atoms with E-state index in [0.717, 1.165) is 0 Å². The lowest BCUT2D eigenvalue weighted by molar-refractivity contribution is -0.147. The van der Waals surface area contributed by atoms with Gasteiger partial charge in [0.25, 0.3) is 0 Å². The molecule has 2 N–H and O–H groups in total. The van der Waals surface area contributed by atoms with Crippen LogP contribution in [0.5, 0.6) is 0 Å². The molecule has 0 aromatic heterocycles. The average molecular weight is 288 g/mol. The number of rotatable bonds is 7.